The number of aliphatic carboxylic acids is 1. The van der Waals surface area contributed by atoms with E-state index in [0.29, 0.717) is 12.8 Å². The van der Waals surface area contributed by atoms with E-state index in [1.807, 2.05) is 0 Å². The number of carboxylic acid groups (broad SMARTS) is 1. The maximum absolute atomic E-state index is 17.3. The van der Waals surface area contributed by atoms with E-state index in [1.165, 1.54) is 19.1 Å². The van der Waals surface area contributed by atoms with Crippen LogP contribution in [0.2, 0.25) is 0 Å². The molecule has 0 amide bonds. The molecule has 0 aliphatic heterocycles. The molecule has 0 unspecified atom stereocenters. The molecule has 4 saturated carbocycles. The second kappa shape index (κ2) is 8.10. The molecule has 9 atom stereocenters. The van der Waals surface area contributed by atoms with Gasteiger partial charge in [0.1, 0.15) is 12.3 Å². The van der Waals surface area contributed by atoms with Crippen molar-refractivity contribution in [2.24, 2.45) is 28.6 Å². The largest absolute Gasteiger partial charge is 0.509 e. The molecule has 9 heteroatoms. The lowest BCUT2D eigenvalue weighted by molar-refractivity contribution is -0.232. The summed E-state index contributed by atoms with van der Waals surface area (Å²) in [4.78, 5) is 37.7. The first-order chi connectivity index (χ1) is 16.8. The van der Waals surface area contributed by atoms with Crippen molar-refractivity contribution in [1.82, 2.24) is 0 Å². The maximum atomic E-state index is 17.3. The van der Waals surface area contributed by atoms with E-state index in [-0.39, 0.29) is 30.9 Å². The van der Waals surface area contributed by atoms with Gasteiger partial charge in [0.25, 0.3) is 0 Å². The molecule has 0 heterocycles. The highest BCUT2D eigenvalue weighted by Crippen LogP contribution is 2.71. The van der Waals surface area contributed by atoms with Gasteiger partial charge in [0.15, 0.2) is 11.5 Å². The number of alkyl halides is 2. The Morgan fingerprint density at radius 2 is 1.81 bits per heavy atom. The van der Waals surface area contributed by atoms with Gasteiger partial charge in [-0.1, -0.05) is 19.9 Å². The minimum absolute atomic E-state index is 0.00309. The third-order valence-corrected chi connectivity index (χ3v) is 10.3. The van der Waals surface area contributed by atoms with Crippen LogP contribution in [0.3, 0.4) is 0 Å². The van der Waals surface area contributed by atoms with Gasteiger partial charge in [0.05, 0.1) is 6.10 Å². The number of aliphatic hydroxyl groups is 1. The van der Waals surface area contributed by atoms with Crippen LogP contribution in [0.1, 0.15) is 65.7 Å². The summed E-state index contributed by atoms with van der Waals surface area (Å²) in [6.07, 6.45) is 1.66. The maximum Gasteiger partial charge on any atom is 0.509 e. The van der Waals surface area contributed by atoms with Crippen LogP contribution >= 0.6 is 0 Å². The summed E-state index contributed by atoms with van der Waals surface area (Å²) in [6, 6.07) is 0. The third kappa shape index (κ3) is 3.07. The molecule has 4 fully saturated rings. The number of ether oxygens (including phenoxy) is 2. The molecule has 5 aliphatic rings. The van der Waals surface area contributed by atoms with Crippen LogP contribution in [0.5, 0.6) is 0 Å². The Morgan fingerprint density at radius 1 is 1.14 bits per heavy atom. The summed E-state index contributed by atoms with van der Waals surface area (Å²) in [5.74, 6) is -4.30. The van der Waals surface area contributed by atoms with Crippen molar-refractivity contribution in [1.29, 1.82) is 0 Å². The Kier molecular flexibility index (Phi) is 5.71. The number of rotatable bonds is 3. The quantitative estimate of drug-likeness (QED) is 0.541. The van der Waals surface area contributed by atoms with Gasteiger partial charge in [0, 0.05) is 22.7 Å². The summed E-state index contributed by atoms with van der Waals surface area (Å²) < 4.78 is 43.9. The van der Waals surface area contributed by atoms with Crippen LogP contribution in [0.25, 0.3) is 0 Å². The molecule has 36 heavy (non-hydrogen) atoms. The lowest BCUT2D eigenvalue weighted by atomic mass is 9.44. The lowest BCUT2D eigenvalue weighted by Crippen LogP contribution is -2.71. The zero-order valence-corrected chi connectivity index (χ0v) is 20.8. The predicted octanol–water partition coefficient (Wildman–Crippen LogP) is 4.47. The monoisotopic (exact) mass is 508 g/mol. The lowest BCUT2D eigenvalue weighted by Gasteiger charge is -2.62. The SMILES string of the molecule is C[C@@H]1C[C@H]2[C@@H]3C[C@H](F)C4=CC(=O)C=C[C@]4(C)[C@@]3(F)[C@@H](O)C[C@]2(C)[C@]1(OC(=O)OC1CCCC1)C(=O)O. The Hall–Kier alpha value is -2.29. The fourth-order valence-electron chi connectivity index (χ4n) is 8.54. The molecular formula is C27H34F2O7. The van der Waals surface area contributed by atoms with E-state index in [0.717, 1.165) is 18.9 Å². The summed E-state index contributed by atoms with van der Waals surface area (Å²) in [5, 5.41) is 21.9. The predicted molar refractivity (Wildman–Crippen MR) is 123 cm³/mol. The number of fused-ring (bicyclic) bond motifs is 5. The summed E-state index contributed by atoms with van der Waals surface area (Å²) in [5.41, 5.74) is -7.34. The molecule has 2 N–H and O–H groups in total. The number of allylic oxidation sites excluding steroid dienone is 4. The smallest absolute Gasteiger partial charge is 0.478 e. The molecule has 0 aromatic rings. The number of halogens is 2. The van der Waals surface area contributed by atoms with Crippen LogP contribution in [0.4, 0.5) is 13.6 Å². The fraction of sp³-hybridized carbons (Fsp3) is 0.741. The van der Waals surface area contributed by atoms with Gasteiger partial charge < -0.3 is 19.7 Å². The number of aliphatic hydroxyl groups excluding tert-OH is 1. The zero-order chi connectivity index (χ0) is 26.3. The Balaban J connectivity index is 1.55. The van der Waals surface area contributed by atoms with Crippen molar-refractivity contribution < 1.29 is 42.9 Å². The third-order valence-electron chi connectivity index (χ3n) is 10.3. The van der Waals surface area contributed by atoms with Crippen LogP contribution in [0, 0.1) is 28.6 Å². The molecule has 0 saturated heterocycles. The van der Waals surface area contributed by atoms with E-state index in [9.17, 15) is 24.6 Å². The standard InChI is InChI=1S/C27H34F2O7/c1-14-10-17-18-12-20(28)19-11-15(30)8-9-24(19,2)26(18,29)21(31)13-25(17,3)27(14,22(32)33)36-23(34)35-16-6-4-5-7-16/h8-9,11,14,16-18,20-21,31H,4-7,10,12-13H2,1-3H3,(H,32,33)/t14-,17+,18+,20+,21+,24+,25+,26+,27-/m1/s1. The Morgan fingerprint density at radius 3 is 2.44 bits per heavy atom. The average Bonchev–Trinajstić information content (AvgIpc) is 3.38. The molecule has 0 spiro atoms. The van der Waals surface area contributed by atoms with E-state index < -0.39 is 70.0 Å². The van der Waals surface area contributed by atoms with Gasteiger partial charge in [-0.2, -0.15) is 0 Å². The number of carbonyl (C=O) groups is 3. The molecule has 0 bridgehead atoms. The first kappa shape index (κ1) is 25.4. The van der Waals surface area contributed by atoms with Gasteiger partial charge in [0.2, 0.25) is 5.60 Å². The van der Waals surface area contributed by atoms with E-state index in [4.69, 9.17) is 9.47 Å². The first-order valence-electron chi connectivity index (χ1n) is 12.9. The number of ketones is 1. The van der Waals surface area contributed by atoms with Crippen LogP contribution < -0.4 is 0 Å². The van der Waals surface area contributed by atoms with Gasteiger partial charge in [-0.25, -0.2) is 18.4 Å². The first-order valence-corrected chi connectivity index (χ1v) is 12.9. The topological polar surface area (TPSA) is 110 Å². The van der Waals surface area contributed by atoms with Gasteiger partial charge in [-0.3, -0.25) is 4.79 Å². The van der Waals surface area contributed by atoms with E-state index >= 15 is 8.78 Å². The Bertz CT molecular complexity index is 1050. The molecule has 0 aromatic heterocycles. The number of hydrogen-bond donors (Lipinski definition) is 2. The summed E-state index contributed by atoms with van der Waals surface area (Å²) in [7, 11) is 0. The van der Waals surface area contributed by atoms with Crippen molar-refractivity contribution in [3.05, 3.63) is 23.8 Å². The average molecular weight is 509 g/mol. The molecule has 0 radical (unpaired) electrons. The second-order valence-corrected chi connectivity index (χ2v) is 11.9. The van der Waals surface area contributed by atoms with Crippen molar-refractivity contribution in [3.8, 4) is 0 Å². The fourth-order valence-corrected chi connectivity index (χ4v) is 8.54. The van der Waals surface area contributed by atoms with Crippen LogP contribution in [0.15, 0.2) is 23.8 Å². The van der Waals surface area contributed by atoms with Gasteiger partial charge in [-0.05, 0) is 75.5 Å². The normalized spacial score (nSPS) is 48.0. The second-order valence-electron chi connectivity index (χ2n) is 11.9. The van der Waals surface area contributed by atoms with Crippen molar-refractivity contribution in [3.63, 3.8) is 0 Å². The molecule has 198 valence electrons. The highest BCUT2D eigenvalue weighted by atomic mass is 19.1. The highest BCUT2D eigenvalue weighted by molar-refractivity contribution is 6.01. The molecule has 7 nitrogen and oxygen atoms in total. The molecule has 0 aromatic carbocycles. The summed E-state index contributed by atoms with van der Waals surface area (Å²) in [6.45, 7) is 4.72. The van der Waals surface area contributed by atoms with Crippen molar-refractivity contribution in [2.45, 2.75) is 95.4 Å². The number of carbonyl (C=O) groups excluding carboxylic acids is 2. The molecular weight excluding hydrogens is 474 g/mol. The van der Waals surface area contributed by atoms with E-state index in [2.05, 4.69) is 0 Å². The van der Waals surface area contributed by atoms with Crippen molar-refractivity contribution >= 4 is 17.9 Å². The van der Waals surface area contributed by atoms with E-state index in [1.54, 1.807) is 13.8 Å². The summed E-state index contributed by atoms with van der Waals surface area (Å²) >= 11 is 0. The molecule has 5 aliphatic carbocycles. The highest BCUT2D eigenvalue weighted by Gasteiger charge is 2.78. The number of carboxylic acids is 1. The van der Waals surface area contributed by atoms with Crippen LogP contribution in [-0.2, 0) is 19.1 Å². The Labute approximate surface area is 208 Å². The zero-order valence-electron chi connectivity index (χ0n) is 20.8. The number of hydrogen-bond acceptors (Lipinski definition) is 6. The van der Waals surface area contributed by atoms with Crippen LogP contribution in [-0.4, -0.2) is 57.8 Å². The minimum atomic E-state index is -2.33. The van der Waals surface area contributed by atoms with Gasteiger partial charge in [-0.15, -0.1) is 0 Å². The van der Waals surface area contributed by atoms with Crippen molar-refractivity contribution in [2.75, 3.05) is 0 Å². The van der Waals surface area contributed by atoms with Gasteiger partial charge >= 0.3 is 12.1 Å². The minimum Gasteiger partial charge on any atom is -0.478 e. The molecule has 5 rings (SSSR count).